The van der Waals surface area contributed by atoms with Crippen molar-refractivity contribution in [3.05, 3.63) is 131 Å². The van der Waals surface area contributed by atoms with E-state index in [4.69, 9.17) is 0 Å². The molecule has 7 heteroatoms. The van der Waals surface area contributed by atoms with E-state index in [-0.39, 0.29) is 35.4 Å². The average Bonchev–Trinajstić information content (AvgIpc) is 3.35. The Morgan fingerprint density at radius 2 is 1.35 bits per heavy atom. The number of fused-ring (bicyclic) bond motifs is 1. The van der Waals surface area contributed by atoms with E-state index in [9.17, 15) is 18.0 Å². The van der Waals surface area contributed by atoms with Gasteiger partial charge in [-0.05, 0) is 28.8 Å². The van der Waals surface area contributed by atoms with Crippen molar-refractivity contribution >= 4 is 32.6 Å². The molecule has 1 heterocycles. The number of hydrogen-bond donors (Lipinski definition) is 0. The molecular formula is C30H23F3N2OS. The van der Waals surface area contributed by atoms with Gasteiger partial charge in [-0.3, -0.25) is 9.69 Å². The first kappa shape index (κ1) is 24.7. The van der Waals surface area contributed by atoms with Crippen LogP contribution in [-0.4, -0.2) is 10.9 Å². The molecule has 4 aromatic carbocycles. The highest BCUT2D eigenvalue weighted by atomic mass is 32.1. The van der Waals surface area contributed by atoms with Gasteiger partial charge < -0.3 is 0 Å². The van der Waals surface area contributed by atoms with Crippen molar-refractivity contribution in [1.29, 1.82) is 0 Å². The minimum atomic E-state index is -4.54. The van der Waals surface area contributed by atoms with Crippen molar-refractivity contribution in [3.8, 4) is 0 Å². The van der Waals surface area contributed by atoms with Gasteiger partial charge in [0.05, 0.1) is 22.3 Å². The number of aromatic nitrogens is 1. The van der Waals surface area contributed by atoms with E-state index in [1.165, 1.54) is 11.0 Å². The Bertz CT molecular complexity index is 1450. The van der Waals surface area contributed by atoms with E-state index >= 15 is 0 Å². The van der Waals surface area contributed by atoms with Crippen LogP contribution in [0.1, 0.15) is 34.6 Å². The highest BCUT2D eigenvalue weighted by Crippen LogP contribution is 2.39. The van der Waals surface area contributed by atoms with Gasteiger partial charge in [-0.15, -0.1) is 0 Å². The second-order valence-corrected chi connectivity index (χ2v) is 9.70. The number of thiazole rings is 1. The predicted molar refractivity (Wildman–Crippen MR) is 142 cm³/mol. The lowest BCUT2D eigenvalue weighted by atomic mass is 9.88. The van der Waals surface area contributed by atoms with E-state index in [0.717, 1.165) is 34.1 Å². The van der Waals surface area contributed by atoms with E-state index in [1.54, 1.807) is 6.07 Å². The highest BCUT2D eigenvalue weighted by molar-refractivity contribution is 7.22. The summed E-state index contributed by atoms with van der Waals surface area (Å²) in [6.07, 6.45) is -4.40. The van der Waals surface area contributed by atoms with Crippen LogP contribution in [0.15, 0.2) is 109 Å². The number of amides is 1. The Hall–Kier alpha value is -3.97. The molecule has 1 amide bonds. The van der Waals surface area contributed by atoms with E-state index in [0.29, 0.717) is 4.70 Å². The smallest absolute Gasteiger partial charge is 0.284 e. The maximum Gasteiger partial charge on any atom is 0.418 e. The summed E-state index contributed by atoms with van der Waals surface area (Å²) in [6, 6.07) is 32.9. The summed E-state index contributed by atoms with van der Waals surface area (Å²) in [4.78, 5) is 19.8. The van der Waals surface area contributed by atoms with Gasteiger partial charge in [0.2, 0.25) is 5.91 Å². The molecule has 37 heavy (non-hydrogen) atoms. The largest absolute Gasteiger partial charge is 0.418 e. The summed E-state index contributed by atoms with van der Waals surface area (Å²) in [5, 5.41) is 0.250. The molecule has 3 nitrogen and oxygen atoms in total. The molecular weight excluding hydrogens is 493 g/mol. The van der Waals surface area contributed by atoms with E-state index < -0.39 is 11.7 Å². The topological polar surface area (TPSA) is 33.2 Å². The van der Waals surface area contributed by atoms with Gasteiger partial charge in [-0.2, -0.15) is 13.2 Å². The monoisotopic (exact) mass is 516 g/mol. The van der Waals surface area contributed by atoms with Crippen LogP contribution in [-0.2, 0) is 17.5 Å². The van der Waals surface area contributed by atoms with Gasteiger partial charge in [-0.25, -0.2) is 4.98 Å². The molecule has 0 bridgehead atoms. The molecule has 186 valence electrons. The van der Waals surface area contributed by atoms with Crippen LogP contribution in [0.2, 0.25) is 0 Å². The summed E-state index contributed by atoms with van der Waals surface area (Å²) in [5.41, 5.74) is 1.91. The number of carbonyl (C=O) groups is 1. The molecule has 1 aromatic heterocycles. The minimum Gasteiger partial charge on any atom is -0.284 e. The van der Waals surface area contributed by atoms with Crippen molar-refractivity contribution in [3.63, 3.8) is 0 Å². The summed E-state index contributed by atoms with van der Waals surface area (Å²) in [7, 11) is 0. The van der Waals surface area contributed by atoms with Gasteiger partial charge >= 0.3 is 6.18 Å². The molecule has 0 atom stereocenters. The molecule has 5 aromatic rings. The number of alkyl halides is 3. The molecule has 0 N–H and O–H groups in total. The third kappa shape index (κ3) is 5.57. The third-order valence-electron chi connectivity index (χ3n) is 6.21. The van der Waals surface area contributed by atoms with Gasteiger partial charge in [0.15, 0.2) is 5.13 Å². The van der Waals surface area contributed by atoms with Gasteiger partial charge in [0.1, 0.15) is 0 Å². The fraction of sp³-hybridized carbons (Fsp3) is 0.133. The fourth-order valence-corrected chi connectivity index (χ4v) is 5.40. The van der Waals surface area contributed by atoms with Crippen molar-refractivity contribution in [2.75, 3.05) is 4.90 Å². The molecule has 0 fully saturated rings. The predicted octanol–water partition coefficient (Wildman–Crippen LogP) is 8.07. The first-order chi connectivity index (χ1) is 17.9. The number of anilines is 1. The number of hydrogen-bond acceptors (Lipinski definition) is 3. The molecule has 0 aliphatic rings. The summed E-state index contributed by atoms with van der Waals surface area (Å²) in [6.45, 7) is 0.206. The van der Waals surface area contributed by atoms with Crippen molar-refractivity contribution in [2.45, 2.75) is 25.1 Å². The number of rotatable bonds is 7. The van der Waals surface area contributed by atoms with Crippen molar-refractivity contribution in [2.24, 2.45) is 0 Å². The Morgan fingerprint density at radius 3 is 1.92 bits per heavy atom. The zero-order valence-corrected chi connectivity index (χ0v) is 20.5. The Balaban J connectivity index is 1.55. The molecule has 5 rings (SSSR count). The number of benzene rings is 4. The lowest BCUT2D eigenvalue weighted by Gasteiger charge is -2.24. The molecule has 0 saturated heterocycles. The van der Waals surface area contributed by atoms with Gasteiger partial charge in [0.25, 0.3) is 0 Å². The number of para-hydroxylation sites is 1. The quantitative estimate of drug-likeness (QED) is 0.219. The summed E-state index contributed by atoms with van der Waals surface area (Å²) >= 11 is 1.10. The molecule has 0 radical (unpaired) electrons. The van der Waals surface area contributed by atoms with E-state index in [1.807, 2.05) is 91.0 Å². The lowest BCUT2D eigenvalue weighted by Crippen LogP contribution is -2.31. The van der Waals surface area contributed by atoms with Crippen LogP contribution in [0.4, 0.5) is 18.3 Å². The van der Waals surface area contributed by atoms with Gasteiger partial charge in [-0.1, -0.05) is 108 Å². The minimum absolute atomic E-state index is 0.136. The van der Waals surface area contributed by atoms with Crippen molar-refractivity contribution < 1.29 is 18.0 Å². The molecule has 0 unspecified atom stereocenters. The van der Waals surface area contributed by atoms with Crippen LogP contribution in [0.3, 0.4) is 0 Å². The van der Waals surface area contributed by atoms with Crippen LogP contribution >= 0.6 is 11.3 Å². The number of carbonyl (C=O) groups excluding carboxylic acids is 1. The SMILES string of the molecule is O=C(CC(c1ccccc1)c1ccccc1)N(Cc1ccccc1)c1nc2c(C(F)(F)F)cccc2s1. The zero-order chi connectivity index (χ0) is 25.8. The summed E-state index contributed by atoms with van der Waals surface area (Å²) < 4.78 is 41.4. The highest BCUT2D eigenvalue weighted by Gasteiger charge is 2.34. The normalized spacial score (nSPS) is 11.7. The van der Waals surface area contributed by atoms with Crippen molar-refractivity contribution in [1.82, 2.24) is 4.98 Å². The van der Waals surface area contributed by atoms with Gasteiger partial charge in [0, 0.05) is 12.3 Å². The molecule has 0 spiro atoms. The second-order valence-electron chi connectivity index (χ2n) is 8.69. The van der Waals surface area contributed by atoms with Crippen LogP contribution < -0.4 is 4.90 Å². The van der Waals surface area contributed by atoms with E-state index in [2.05, 4.69) is 4.98 Å². The maximum atomic E-state index is 13.9. The first-order valence-corrected chi connectivity index (χ1v) is 12.6. The van der Waals surface area contributed by atoms with Crippen LogP contribution in [0, 0.1) is 0 Å². The number of halogens is 3. The van der Waals surface area contributed by atoms with Crippen LogP contribution in [0.25, 0.3) is 10.2 Å². The summed E-state index contributed by atoms with van der Waals surface area (Å²) in [5.74, 6) is -0.428. The Kier molecular flexibility index (Phi) is 7.06. The Labute approximate surface area is 216 Å². The maximum absolute atomic E-state index is 13.9. The zero-order valence-electron chi connectivity index (χ0n) is 19.7. The number of nitrogens with zero attached hydrogens (tertiary/aromatic N) is 2. The standard InChI is InChI=1S/C30H23F3N2OS/c31-30(32,33)25-17-10-18-26-28(25)34-29(37-26)35(20-21-11-4-1-5-12-21)27(36)19-24(22-13-6-2-7-14-22)23-15-8-3-9-16-23/h1-18,24H,19-20H2. The Morgan fingerprint density at radius 1 is 0.784 bits per heavy atom. The first-order valence-electron chi connectivity index (χ1n) is 11.8. The average molecular weight is 517 g/mol. The van der Waals surface area contributed by atoms with Crippen LogP contribution in [0.5, 0.6) is 0 Å². The lowest BCUT2D eigenvalue weighted by molar-refractivity contribution is -0.136. The molecule has 0 aliphatic heterocycles. The molecule has 0 aliphatic carbocycles. The third-order valence-corrected chi connectivity index (χ3v) is 7.25. The second kappa shape index (κ2) is 10.6. The fourth-order valence-electron chi connectivity index (χ4n) is 4.39. The molecule has 0 saturated carbocycles.